The molecule has 3 unspecified atom stereocenters. The number of rotatable bonds is 3. The van der Waals surface area contributed by atoms with Gasteiger partial charge in [0.1, 0.15) is 0 Å². The van der Waals surface area contributed by atoms with Crippen molar-refractivity contribution >= 4 is 17.4 Å². The van der Waals surface area contributed by atoms with Crippen LogP contribution in [0.1, 0.15) is 65.7 Å². The van der Waals surface area contributed by atoms with Crippen LogP contribution in [0.5, 0.6) is 0 Å². The van der Waals surface area contributed by atoms with E-state index in [1.807, 2.05) is 0 Å². The highest BCUT2D eigenvalue weighted by Gasteiger charge is 2.28. The second-order valence-corrected chi connectivity index (χ2v) is 6.48. The van der Waals surface area contributed by atoms with Crippen LogP contribution in [0.25, 0.3) is 0 Å². The molecule has 0 bridgehead atoms. The fourth-order valence-electron chi connectivity index (χ4n) is 3.05. The summed E-state index contributed by atoms with van der Waals surface area (Å²) in [7, 11) is 0. The minimum atomic E-state index is -0.229. The minimum absolute atomic E-state index is 0.229. The standard InChI is InChI=1S/C15H27ClO/c1-4-13-10-12(9-11(2)3)7-5-6-8-14(17)15(13)16/h11-13,15H,4-10H2,1-3H3. The highest BCUT2D eigenvalue weighted by atomic mass is 35.5. The molecule has 0 aliphatic heterocycles. The average molecular weight is 259 g/mol. The van der Waals surface area contributed by atoms with Gasteiger partial charge in [-0.3, -0.25) is 4.79 Å². The zero-order chi connectivity index (χ0) is 12.8. The third-order valence-electron chi connectivity index (χ3n) is 3.97. The lowest BCUT2D eigenvalue weighted by Gasteiger charge is -2.25. The van der Waals surface area contributed by atoms with Crippen LogP contribution < -0.4 is 0 Å². The molecule has 1 aliphatic rings. The van der Waals surface area contributed by atoms with Crippen LogP contribution in [0.4, 0.5) is 0 Å². The number of Topliss-reactive ketones (excluding diaryl/α,β-unsaturated/α-hetero) is 1. The lowest BCUT2D eigenvalue weighted by atomic mass is 9.83. The maximum absolute atomic E-state index is 11.9. The molecule has 100 valence electrons. The Kier molecular flexibility index (Phi) is 6.54. The van der Waals surface area contributed by atoms with Crippen molar-refractivity contribution in [3.05, 3.63) is 0 Å². The van der Waals surface area contributed by atoms with E-state index in [0.717, 1.165) is 31.1 Å². The molecule has 1 saturated carbocycles. The number of alkyl halides is 1. The van der Waals surface area contributed by atoms with Crippen molar-refractivity contribution in [1.29, 1.82) is 0 Å². The Bertz CT molecular complexity index is 237. The summed E-state index contributed by atoms with van der Waals surface area (Å²) >= 11 is 6.34. The summed E-state index contributed by atoms with van der Waals surface area (Å²) in [5.41, 5.74) is 0. The summed E-state index contributed by atoms with van der Waals surface area (Å²) in [5, 5.41) is -0.229. The predicted octanol–water partition coefficient (Wildman–Crippen LogP) is 4.82. The molecule has 1 aliphatic carbocycles. The smallest absolute Gasteiger partial charge is 0.150 e. The molecule has 0 spiro atoms. The number of carbonyl (C=O) groups is 1. The monoisotopic (exact) mass is 258 g/mol. The Morgan fingerprint density at radius 1 is 1.35 bits per heavy atom. The van der Waals surface area contributed by atoms with E-state index in [-0.39, 0.29) is 11.2 Å². The van der Waals surface area contributed by atoms with Crippen LogP contribution in [0.3, 0.4) is 0 Å². The molecule has 1 rings (SSSR count). The van der Waals surface area contributed by atoms with Crippen LogP contribution in [-0.4, -0.2) is 11.2 Å². The third-order valence-corrected chi connectivity index (χ3v) is 4.57. The third kappa shape index (κ3) is 4.99. The van der Waals surface area contributed by atoms with E-state index in [0.29, 0.717) is 12.3 Å². The van der Waals surface area contributed by atoms with E-state index in [4.69, 9.17) is 11.6 Å². The highest BCUT2D eigenvalue weighted by Crippen LogP contribution is 2.32. The van der Waals surface area contributed by atoms with Crippen LogP contribution in [0.15, 0.2) is 0 Å². The molecule has 0 aromatic carbocycles. The lowest BCUT2D eigenvalue weighted by Crippen LogP contribution is -2.25. The van der Waals surface area contributed by atoms with Crippen molar-refractivity contribution < 1.29 is 4.79 Å². The molecule has 3 atom stereocenters. The van der Waals surface area contributed by atoms with Gasteiger partial charge in [0.25, 0.3) is 0 Å². The van der Waals surface area contributed by atoms with Gasteiger partial charge in [-0.1, -0.05) is 40.0 Å². The molecule has 0 aromatic rings. The van der Waals surface area contributed by atoms with Crippen molar-refractivity contribution in [3.8, 4) is 0 Å². The van der Waals surface area contributed by atoms with Crippen molar-refractivity contribution in [3.63, 3.8) is 0 Å². The van der Waals surface area contributed by atoms with Gasteiger partial charge in [-0.15, -0.1) is 11.6 Å². The number of hydrogen-bond acceptors (Lipinski definition) is 1. The quantitative estimate of drug-likeness (QED) is 0.664. The summed E-state index contributed by atoms with van der Waals surface area (Å²) in [5.74, 6) is 2.20. The first-order chi connectivity index (χ1) is 8.04. The fourth-order valence-corrected chi connectivity index (χ4v) is 3.44. The molecule has 0 radical (unpaired) electrons. The van der Waals surface area contributed by atoms with Gasteiger partial charge >= 0.3 is 0 Å². The van der Waals surface area contributed by atoms with E-state index in [1.165, 1.54) is 19.3 Å². The minimum Gasteiger partial charge on any atom is -0.298 e. The topological polar surface area (TPSA) is 17.1 Å². The van der Waals surface area contributed by atoms with Gasteiger partial charge in [-0.05, 0) is 37.0 Å². The summed E-state index contributed by atoms with van der Waals surface area (Å²) in [4.78, 5) is 11.9. The van der Waals surface area contributed by atoms with E-state index in [9.17, 15) is 4.79 Å². The summed E-state index contributed by atoms with van der Waals surface area (Å²) in [6.45, 7) is 6.74. The Hall–Kier alpha value is -0.0400. The maximum Gasteiger partial charge on any atom is 0.150 e. The molecular weight excluding hydrogens is 232 g/mol. The molecular formula is C15H27ClO. The molecule has 2 heteroatoms. The molecule has 0 N–H and O–H groups in total. The Morgan fingerprint density at radius 3 is 2.65 bits per heavy atom. The Morgan fingerprint density at radius 2 is 2.06 bits per heavy atom. The van der Waals surface area contributed by atoms with Crippen molar-refractivity contribution in [2.75, 3.05) is 0 Å². The van der Waals surface area contributed by atoms with Crippen molar-refractivity contribution in [2.24, 2.45) is 17.8 Å². The van der Waals surface area contributed by atoms with Crippen molar-refractivity contribution in [1.82, 2.24) is 0 Å². The van der Waals surface area contributed by atoms with E-state index in [1.54, 1.807) is 0 Å². The number of carbonyl (C=O) groups excluding carboxylic acids is 1. The van der Waals surface area contributed by atoms with Gasteiger partial charge in [0.2, 0.25) is 0 Å². The molecule has 0 amide bonds. The van der Waals surface area contributed by atoms with Gasteiger partial charge in [0, 0.05) is 6.42 Å². The molecule has 1 fully saturated rings. The lowest BCUT2D eigenvalue weighted by molar-refractivity contribution is -0.119. The zero-order valence-electron chi connectivity index (χ0n) is 11.5. The maximum atomic E-state index is 11.9. The SMILES string of the molecule is CCC1CC(CC(C)C)CCCCC(=O)C1Cl. The number of ketones is 1. The molecule has 1 nitrogen and oxygen atoms in total. The van der Waals surface area contributed by atoms with Crippen LogP contribution >= 0.6 is 11.6 Å². The number of hydrogen-bond donors (Lipinski definition) is 0. The van der Waals surface area contributed by atoms with Gasteiger partial charge < -0.3 is 0 Å². The molecule has 0 saturated heterocycles. The van der Waals surface area contributed by atoms with E-state index < -0.39 is 0 Å². The Balaban J connectivity index is 2.66. The van der Waals surface area contributed by atoms with Gasteiger partial charge in [-0.25, -0.2) is 0 Å². The summed E-state index contributed by atoms with van der Waals surface area (Å²) < 4.78 is 0. The fraction of sp³-hybridized carbons (Fsp3) is 0.933. The zero-order valence-corrected chi connectivity index (χ0v) is 12.3. The Labute approximate surface area is 111 Å². The second kappa shape index (κ2) is 7.41. The van der Waals surface area contributed by atoms with Crippen LogP contribution in [0.2, 0.25) is 0 Å². The van der Waals surface area contributed by atoms with Crippen LogP contribution in [0, 0.1) is 17.8 Å². The van der Waals surface area contributed by atoms with Gasteiger partial charge in [0.15, 0.2) is 5.78 Å². The van der Waals surface area contributed by atoms with Crippen LogP contribution in [-0.2, 0) is 4.79 Å². The van der Waals surface area contributed by atoms with E-state index >= 15 is 0 Å². The average Bonchev–Trinajstić information content (AvgIpc) is 2.33. The highest BCUT2D eigenvalue weighted by molar-refractivity contribution is 6.31. The van der Waals surface area contributed by atoms with E-state index in [2.05, 4.69) is 20.8 Å². The van der Waals surface area contributed by atoms with Gasteiger partial charge in [0.05, 0.1) is 5.38 Å². The first-order valence-electron chi connectivity index (χ1n) is 7.21. The summed E-state index contributed by atoms with van der Waals surface area (Å²) in [6, 6.07) is 0. The molecule has 17 heavy (non-hydrogen) atoms. The second-order valence-electron chi connectivity index (χ2n) is 6.01. The summed E-state index contributed by atoms with van der Waals surface area (Å²) in [6.07, 6.45) is 7.68. The first-order valence-corrected chi connectivity index (χ1v) is 7.65. The van der Waals surface area contributed by atoms with Gasteiger partial charge in [-0.2, -0.15) is 0 Å². The molecule has 0 aromatic heterocycles. The first kappa shape index (κ1) is 15.0. The molecule has 0 heterocycles. The predicted molar refractivity (Wildman–Crippen MR) is 74.5 cm³/mol. The largest absolute Gasteiger partial charge is 0.298 e. The number of halogens is 1. The van der Waals surface area contributed by atoms with Crippen molar-refractivity contribution in [2.45, 2.75) is 71.1 Å². The normalized spacial score (nSPS) is 32.1.